The highest BCUT2D eigenvalue weighted by Crippen LogP contribution is 2.21. The Labute approximate surface area is 85.8 Å². The average Bonchev–Trinajstić information content (AvgIpc) is 2.11. The number of hydrogen-bond acceptors (Lipinski definition) is 3. The minimum absolute atomic E-state index is 0.0357. The molecule has 0 bridgehead atoms. The first kappa shape index (κ1) is 13.3. The van der Waals surface area contributed by atoms with Crippen LogP contribution in [0.4, 0.5) is 0 Å². The summed E-state index contributed by atoms with van der Waals surface area (Å²) in [5, 5.41) is 0. The van der Waals surface area contributed by atoms with Gasteiger partial charge in [0.2, 0.25) is 0 Å². The maximum absolute atomic E-state index is 11.8. The molecule has 0 aliphatic heterocycles. The second kappa shape index (κ2) is 4.69. The lowest BCUT2D eigenvalue weighted by molar-refractivity contribution is -0.141. The zero-order valence-corrected chi connectivity index (χ0v) is 9.88. The van der Waals surface area contributed by atoms with Crippen molar-refractivity contribution in [2.45, 2.75) is 40.7 Å². The van der Waals surface area contributed by atoms with Crippen molar-refractivity contribution in [3.63, 3.8) is 0 Å². The van der Waals surface area contributed by atoms with Crippen molar-refractivity contribution in [1.82, 2.24) is 0 Å². The zero-order chi connectivity index (χ0) is 11.5. The first-order chi connectivity index (χ1) is 6.21. The molecule has 0 N–H and O–H groups in total. The summed E-state index contributed by atoms with van der Waals surface area (Å²) < 4.78 is 4.89. The quantitative estimate of drug-likeness (QED) is 0.650. The number of carbonyl (C=O) groups is 2. The molecule has 0 rings (SSSR count). The van der Waals surface area contributed by atoms with Gasteiger partial charge < -0.3 is 4.74 Å². The number of Topliss-reactive ketones (excluding diaryl/α,β-unsaturated/α-hetero) is 2. The fourth-order valence-electron chi connectivity index (χ4n) is 1.25. The van der Waals surface area contributed by atoms with Crippen LogP contribution >= 0.6 is 0 Å². The number of ketones is 2. The normalized spacial score (nSPS) is 16.1. The van der Waals surface area contributed by atoms with E-state index in [4.69, 9.17) is 4.74 Å². The number of methoxy groups -OCH3 is 1. The standard InChI is InChI=1S/C11H20O3/c1-7(9(12)8(2)14-6)10(13)11(3,4)5/h7-8H,1-6H3. The molecule has 0 amide bonds. The molecule has 3 heteroatoms. The second-order valence-corrected chi connectivity index (χ2v) is 4.62. The molecular formula is C11H20O3. The molecule has 0 aromatic heterocycles. The molecule has 14 heavy (non-hydrogen) atoms. The highest BCUT2D eigenvalue weighted by Gasteiger charge is 2.33. The summed E-state index contributed by atoms with van der Waals surface area (Å²) in [6.45, 7) is 8.75. The lowest BCUT2D eigenvalue weighted by Crippen LogP contribution is -2.36. The monoisotopic (exact) mass is 200 g/mol. The third-order valence-corrected chi connectivity index (χ3v) is 2.31. The van der Waals surface area contributed by atoms with Crippen LogP contribution in [0.3, 0.4) is 0 Å². The molecule has 0 aliphatic rings. The highest BCUT2D eigenvalue weighted by atomic mass is 16.5. The Balaban J connectivity index is 4.56. The summed E-state index contributed by atoms with van der Waals surface area (Å²) in [5.41, 5.74) is -0.470. The summed E-state index contributed by atoms with van der Waals surface area (Å²) in [4.78, 5) is 23.4. The van der Waals surface area contributed by atoms with E-state index in [0.29, 0.717) is 0 Å². The fourth-order valence-corrected chi connectivity index (χ4v) is 1.25. The molecular weight excluding hydrogens is 180 g/mol. The molecule has 82 valence electrons. The number of ether oxygens (including phenoxy) is 1. The van der Waals surface area contributed by atoms with Gasteiger partial charge in [0.15, 0.2) is 5.78 Å². The third kappa shape index (κ3) is 3.22. The molecule has 0 spiro atoms. The number of hydrogen-bond donors (Lipinski definition) is 0. The van der Waals surface area contributed by atoms with Crippen LogP contribution in [0.1, 0.15) is 34.6 Å². The number of rotatable bonds is 4. The van der Waals surface area contributed by atoms with Crippen molar-refractivity contribution < 1.29 is 14.3 Å². The van der Waals surface area contributed by atoms with Crippen LogP contribution in [-0.2, 0) is 14.3 Å². The van der Waals surface area contributed by atoms with Crippen molar-refractivity contribution in [3.8, 4) is 0 Å². The topological polar surface area (TPSA) is 43.4 Å². The average molecular weight is 200 g/mol. The van der Waals surface area contributed by atoms with Gasteiger partial charge in [-0.1, -0.05) is 20.8 Å². The van der Waals surface area contributed by atoms with E-state index in [1.165, 1.54) is 7.11 Å². The van der Waals surface area contributed by atoms with Crippen LogP contribution < -0.4 is 0 Å². The third-order valence-electron chi connectivity index (χ3n) is 2.31. The Morgan fingerprint density at radius 1 is 1.14 bits per heavy atom. The molecule has 0 radical (unpaired) electrons. The first-order valence-electron chi connectivity index (χ1n) is 4.82. The van der Waals surface area contributed by atoms with Crippen LogP contribution in [0.25, 0.3) is 0 Å². The van der Waals surface area contributed by atoms with E-state index in [-0.39, 0.29) is 11.6 Å². The lowest BCUT2D eigenvalue weighted by atomic mass is 9.81. The van der Waals surface area contributed by atoms with Gasteiger partial charge in [-0.15, -0.1) is 0 Å². The second-order valence-electron chi connectivity index (χ2n) is 4.62. The molecule has 0 aliphatic carbocycles. The molecule has 0 aromatic carbocycles. The van der Waals surface area contributed by atoms with E-state index in [1.807, 2.05) is 20.8 Å². The van der Waals surface area contributed by atoms with Crippen molar-refractivity contribution in [2.24, 2.45) is 11.3 Å². The molecule has 0 saturated carbocycles. The van der Waals surface area contributed by atoms with Gasteiger partial charge >= 0.3 is 0 Å². The van der Waals surface area contributed by atoms with Crippen molar-refractivity contribution in [3.05, 3.63) is 0 Å². The summed E-state index contributed by atoms with van der Waals surface area (Å²) in [7, 11) is 1.47. The molecule has 0 saturated heterocycles. The SMILES string of the molecule is COC(C)C(=O)C(C)C(=O)C(C)(C)C. The van der Waals surface area contributed by atoms with Crippen LogP contribution in [-0.4, -0.2) is 24.8 Å². The largest absolute Gasteiger partial charge is 0.374 e. The maximum Gasteiger partial charge on any atom is 0.171 e. The van der Waals surface area contributed by atoms with Crippen LogP contribution in [0.2, 0.25) is 0 Å². The summed E-state index contributed by atoms with van der Waals surface area (Å²) >= 11 is 0. The Bertz CT molecular complexity index is 225. The molecule has 0 fully saturated rings. The van der Waals surface area contributed by atoms with Gasteiger partial charge in [0.05, 0.1) is 5.92 Å². The molecule has 0 aromatic rings. The Hall–Kier alpha value is -0.700. The van der Waals surface area contributed by atoms with Crippen LogP contribution in [0, 0.1) is 11.3 Å². The van der Waals surface area contributed by atoms with Gasteiger partial charge in [0, 0.05) is 12.5 Å². The van der Waals surface area contributed by atoms with Crippen molar-refractivity contribution >= 4 is 11.6 Å². The van der Waals surface area contributed by atoms with Crippen molar-refractivity contribution in [2.75, 3.05) is 7.11 Å². The summed E-state index contributed by atoms with van der Waals surface area (Å²) in [5.74, 6) is -0.760. The Kier molecular flexibility index (Phi) is 4.46. The lowest BCUT2D eigenvalue weighted by Gasteiger charge is -2.22. The van der Waals surface area contributed by atoms with Gasteiger partial charge in [-0.05, 0) is 13.8 Å². The number of carbonyl (C=O) groups excluding carboxylic acids is 2. The van der Waals surface area contributed by atoms with E-state index in [1.54, 1.807) is 13.8 Å². The van der Waals surface area contributed by atoms with Gasteiger partial charge in [-0.25, -0.2) is 0 Å². The van der Waals surface area contributed by atoms with E-state index >= 15 is 0 Å². The summed E-state index contributed by atoms with van der Waals surface area (Å²) in [6, 6.07) is 0. The van der Waals surface area contributed by atoms with Crippen LogP contribution in [0.15, 0.2) is 0 Å². The van der Waals surface area contributed by atoms with Gasteiger partial charge in [0.1, 0.15) is 11.9 Å². The summed E-state index contributed by atoms with van der Waals surface area (Å²) in [6.07, 6.45) is -0.503. The molecule has 2 unspecified atom stereocenters. The van der Waals surface area contributed by atoms with Crippen molar-refractivity contribution in [1.29, 1.82) is 0 Å². The maximum atomic E-state index is 11.8. The zero-order valence-electron chi connectivity index (χ0n) is 9.88. The highest BCUT2D eigenvalue weighted by molar-refractivity contribution is 6.05. The minimum Gasteiger partial charge on any atom is -0.374 e. The van der Waals surface area contributed by atoms with E-state index < -0.39 is 17.4 Å². The molecule has 3 nitrogen and oxygen atoms in total. The predicted octanol–water partition coefficient (Wildman–Crippen LogP) is 1.84. The van der Waals surface area contributed by atoms with Gasteiger partial charge in [-0.3, -0.25) is 9.59 Å². The smallest absolute Gasteiger partial charge is 0.171 e. The van der Waals surface area contributed by atoms with E-state index in [9.17, 15) is 9.59 Å². The molecule has 0 heterocycles. The van der Waals surface area contributed by atoms with Gasteiger partial charge in [0.25, 0.3) is 0 Å². The van der Waals surface area contributed by atoms with E-state index in [2.05, 4.69) is 0 Å². The van der Waals surface area contributed by atoms with Crippen LogP contribution in [0.5, 0.6) is 0 Å². The molecule has 2 atom stereocenters. The first-order valence-corrected chi connectivity index (χ1v) is 4.82. The Morgan fingerprint density at radius 3 is 1.86 bits per heavy atom. The predicted molar refractivity (Wildman–Crippen MR) is 55.1 cm³/mol. The Morgan fingerprint density at radius 2 is 1.57 bits per heavy atom. The van der Waals surface area contributed by atoms with Gasteiger partial charge in [-0.2, -0.15) is 0 Å². The minimum atomic E-state index is -0.579. The fraction of sp³-hybridized carbons (Fsp3) is 0.818. The van der Waals surface area contributed by atoms with E-state index in [0.717, 1.165) is 0 Å².